The number of carbonyl (C=O) groups excluding carboxylic acids is 3. The third-order valence-electron chi connectivity index (χ3n) is 4.17. The Morgan fingerprint density at radius 3 is 2.08 bits per heavy atom. The fourth-order valence-electron chi connectivity index (χ4n) is 2.11. The highest BCUT2D eigenvalue weighted by atomic mass is 16.4. The average Bonchev–Trinajstić information content (AvgIpc) is 2.53. The molecule has 8 heteroatoms. The molecule has 26 heavy (non-hydrogen) atoms. The molecule has 0 fully saturated rings. The van der Waals surface area contributed by atoms with Crippen molar-refractivity contribution in [2.75, 3.05) is 6.54 Å². The summed E-state index contributed by atoms with van der Waals surface area (Å²) in [6, 6.07) is -1.20. The molecule has 2 amide bonds. The summed E-state index contributed by atoms with van der Waals surface area (Å²) in [6.07, 6.45) is 1.68. The Hall–Kier alpha value is -1.96. The van der Waals surface area contributed by atoms with Gasteiger partial charge in [0.1, 0.15) is 11.5 Å². The highest BCUT2D eigenvalue weighted by Crippen LogP contribution is 2.16. The Morgan fingerprint density at radius 2 is 1.62 bits per heavy atom. The summed E-state index contributed by atoms with van der Waals surface area (Å²) >= 11 is 0. The lowest BCUT2D eigenvalue weighted by atomic mass is 9.88. The molecule has 0 aromatic rings. The molecule has 0 rings (SSSR count). The van der Waals surface area contributed by atoms with E-state index >= 15 is 0 Å². The highest BCUT2D eigenvalue weighted by Gasteiger charge is 2.36. The van der Waals surface area contributed by atoms with Crippen molar-refractivity contribution in [1.82, 2.24) is 10.6 Å². The molecule has 8 nitrogen and oxygen atoms in total. The van der Waals surface area contributed by atoms with Crippen molar-refractivity contribution in [3.63, 3.8) is 0 Å². The minimum absolute atomic E-state index is 0.244. The normalized spacial score (nSPS) is 13.8. The van der Waals surface area contributed by atoms with E-state index < -0.39 is 41.8 Å². The SMILES string of the molecule is CC(C)CCCCC(=O)NC(C(=O)NCC(=O)C(C)(C)C(=O)O)C(C)O. The van der Waals surface area contributed by atoms with E-state index in [9.17, 15) is 24.3 Å². The topological polar surface area (TPSA) is 133 Å². The number of nitrogens with one attached hydrogen (secondary N) is 2. The van der Waals surface area contributed by atoms with Crippen molar-refractivity contribution in [1.29, 1.82) is 0 Å². The molecule has 0 aliphatic heterocycles. The van der Waals surface area contributed by atoms with Crippen LogP contribution in [0.15, 0.2) is 0 Å². The predicted octanol–water partition coefficient (Wildman–Crippen LogP) is 0.865. The van der Waals surface area contributed by atoms with Gasteiger partial charge in [0.15, 0.2) is 5.78 Å². The van der Waals surface area contributed by atoms with Gasteiger partial charge in [-0.1, -0.05) is 26.7 Å². The maximum atomic E-state index is 12.2. The first-order valence-electron chi connectivity index (χ1n) is 8.91. The number of carbonyl (C=O) groups is 4. The molecule has 0 saturated carbocycles. The minimum atomic E-state index is -1.63. The standard InChI is InChI=1S/C18H32N2O6/c1-11(2)8-6-7-9-14(23)20-15(12(3)21)16(24)19-10-13(22)18(4,5)17(25)26/h11-12,15,21H,6-10H2,1-5H3,(H,19,24)(H,20,23)(H,25,26). The Balaban J connectivity index is 4.56. The van der Waals surface area contributed by atoms with Gasteiger partial charge in [-0.05, 0) is 33.1 Å². The molecular weight excluding hydrogens is 340 g/mol. The van der Waals surface area contributed by atoms with Crippen molar-refractivity contribution in [2.24, 2.45) is 11.3 Å². The number of rotatable bonds is 12. The Labute approximate surface area is 154 Å². The third kappa shape index (κ3) is 8.42. The Bertz CT molecular complexity index is 514. The van der Waals surface area contributed by atoms with Crippen molar-refractivity contribution in [2.45, 2.75) is 72.4 Å². The molecule has 4 N–H and O–H groups in total. The number of aliphatic carboxylic acids is 1. The van der Waals surface area contributed by atoms with Gasteiger partial charge in [0.25, 0.3) is 0 Å². The van der Waals surface area contributed by atoms with Crippen molar-refractivity contribution in [3.05, 3.63) is 0 Å². The monoisotopic (exact) mass is 372 g/mol. The fraction of sp³-hybridized carbons (Fsp3) is 0.778. The quantitative estimate of drug-likeness (QED) is 0.297. The number of carboxylic acid groups (broad SMARTS) is 1. The van der Waals surface area contributed by atoms with E-state index in [2.05, 4.69) is 24.5 Å². The van der Waals surface area contributed by atoms with E-state index in [4.69, 9.17) is 5.11 Å². The van der Waals surface area contributed by atoms with Crippen LogP contribution in [-0.2, 0) is 19.2 Å². The largest absolute Gasteiger partial charge is 0.481 e. The first kappa shape index (κ1) is 24.0. The summed E-state index contributed by atoms with van der Waals surface area (Å²) in [5.41, 5.74) is -1.63. The van der Waals surface area contributed by atoms with Crippen LogP contribution >= 0.6 is 0 Å². The summed E-state index contributed by atoms with van der Waals surface area (Å²) in [6.45, 7) is 7.54. The lowest BCUT2D eigenvalue weighted by Crippen LogP contribution is -2.54. The van der Waals surface area contributed by atoms with Crippen molar-refractivity contribution < 1.29 is 29.4 Å². The smallest absolute Gasteiger partial charge is 0.316 e. The molecule has 0 aliphatic carbocycles. The lowest BCUT2D eigenvalue weighted by molar-refractivity contribution is -0.152. The zero-order valence-electron chi connectivity index (χ0n) is 16.3. The lowest BCUT2D eigenvalue weighted by Gasteiger charge is -2.22. The summed E-state index contributed by atoms with van der Waals surface area (Å²) in [5.74, 6) is -2.50. The number of aliphatic hydroxyl groups is 1. The summed E-state index contributed by atoms with van der Waals surface area (Å²) in [7, 11) is 0. The van der Waals surface area contributed by atoms with Gasteiger partial charge in [-0.15, -0.1) is 0 Å². The molecule has 0 aromatic heterocycles. The van der Waals surface area contributed by atoms with Gasteiger partial charge in [-0.3, -0.25) is 19.2 Å². The Kier molecular flexibility index (Phi) is 10.1. The maximum Gasteiger partial charge on any atom is 0.316 e. The van der Waals surface area contributed by atoms with Crippen LogP contribution in [0.5, 0.6) is 0 Å². The van der Waals surface area contributed by atoms with Crippen molar-refractivity contribution in [3.8, 4) is 0 Å². The van der Waals surface area contributed by atoms with E-state index in [1.165, 1.54) is 20.8 Å². The molecule has 0 aromatic carbocycles. The number of Topliss-reactive ketones (excluding diaryl/α,β-unsaturated/α-hetero) is 1. The van der Waals surface area contributed by atoms with E-state index in [1.807, 2.05) is 0 Å². The van der Waals surface area contributed by atoms with E-state index in [0.29, 0.717) is 12.3 Å². The number of hydrogen-bond acceptors (Lipinski definition) is 5. The average molecular weight is 372 g/mol. The maximum absolute atomic E-state index is 12.2. The second-order valence-corrected chi connectivity index (χ2v) is 7.50. The summed E-state index contributed by atoms with van der Waals surface area (Å²) < 4.78 is 0. The van der Waals surface area contributed by atoms with E-state index in [0.717, 1.165) is 12.8 Å². The Morgan fingerprint density at radius 1 is 1.04 bits per heavy atom. The van der Waals surface area contributed by atoms with E-state index in [-0.39, 0.29) is 12.3 Å². The van der Waals surface area contributed by atoms with Crippen LogP contribution in [0.4, 0.5) is 0 Å². The summed E-state index contributed by atoms with van der Waals surface area (Å²) in [5, 5.41) is 23.5. The van der Waals surface area contributed by atoms with Crippen LogP contribution in [0.2, 0.25) is 0 Å². The number of unbranched alkanes of at least 4 members (excludes halogenated alkanes) is 1. The number of aliphatic hydroxyl groups excluding tert-OH is 1. The molecular formula is C18H32N2O6. The molecule has 0 radical (unpaired) electrons. The molecule has 0 heterocycles. The van der Waals surface area contributed by atoms with Crippen molar-refractivity contribution >= 4 is 23.6 Å². The van der Waals surface area contributed by atoms with E-state index in [1.54, 1.807) is 0 Å². The molecule has 2 unspecified atom stereocenters. The van der Waals surface area contributed by atoms with Crippen LogP contribution in [-0.4, -0.2) is 52.5 Å². The predicted molar refractivity (Wildman–Crippen MR) is 96.4 cm³/mol. The molecule has 0 aliphatic rings. The van der Waals surface area contributed by atoms with Gasteiger partial charge in [0, 0.05) is 6.42 Å². The fourth-order valence-corrected chi connectivity index (χ4v) is 2.11. The van der Waals surface area contributed by atoms with Gasteiger partial charge in [0.2, 0.25) is 11.8 Å². The first-order chi connectivity index (χ1) is 11.9. The zero-order chi connectivity index (χ0) is 20.5. The van der Waals surface area contributed by atoms with Crippen LogP contribution in [0, 0.1) is 11.3 Å². The third-order valence-corrected chi connectivity index (χ3v) is 4.17. The number of carboxylic acids is 1. The van der Waals surface area contributed by atoms with Crippen LogP contribution in [0.25, 0.3) is 0 Å². The minimum Gasteiger partial charge on any atom is -0.481 e. The van der Waals surface area contributed by atoms with Crippen LogP contribution < -0.4 is 10.6 Å². The first-order valence-corrected chi connectivity index (χ1v) is 8.91. The molecule has 0 bridgehead atoms. The van der Waals surface area contributed by atoms with Gasteiger partial charge in [0.05, 0.1) is 12.6 Å². The van der Waals surface area contributed by atoms with Gasteiger partial charge in [-0.2, -0.15) is 0 Å². The highest BCUT2D eigenvalue weighted by molar-refractivity contribution is 6.04. The van der Waals surface area contributed by atoms with Crippen LogP contribution in [0.3, 0.4) is 0 Å². The summed E-state index contributed by atoms with van der Waals surface area (Å²) in [4.78, 5) is 47.0. The number of amides is 2. The second kappa shape index (κ2) is 10.9. The molecule has 0 spiro atoms. The van der Waals surface area contributed by atoms with Gasteiger partial charge >= 0.3 is 5.97 Å². The number of hydrogen-bond donors (Lipinski definition) is 4. The number of ketones is 1. The zero-order valence-corrected chi connectivity index (χ0v) is 16.3. The van der Waals surface area contributed by atoms with Gasteiger partial charge < -0.3 is 20.8 Å². The second-order valence-electron chi connectivity index (χ2n) is 7.50. The molecule has 2 atom stereocenters. The van der Waals surface area contributed by atoms with Gasteiger partial charge in [-0.25, -0.2) is 0 Å². The molecule has 0 saturated heterocycles. The van der Waals surface area contributed by atoms with Crippen LogP contribution in [0.1, 0.15) is 60.3 Å². The molecule has 150 valence electrons.